The number of amides is 1. The number of benzene rings is 1. The zero-order chi connectivity index (χ0) is 15.9. The summed E-state index contributed by atoms with van der Waals surface area (Å²) in [7, 11) is 3.12. The second-order valence-electron chi connectivity index (χ2n) is 5.09. The molecule has 1 heterocycles. The second-order valence-corrected chi connectivity index (χ2v) is 5.09. The Balaban J connectivity index is 1.96. The first-order chi connectivity index (χ1) is 10.6. The Morgan fingerprint density at radius 3 is 2.45 bits per heavy atom. The zero-order valence-corrected chi connectivity index (χ0v) is 13.1. The van der Waals surface area contributed by atoms with Crippen LogP contribution in [0.15, 0.2) is 41.0 Å². The second kappa shape index (κ2) is 7.54. The summed E-state index contributed by atoms with van der Waals surface area (Å²) in [6, 6.07) is 8.95. The van der Waals surface area contributed by atoms with E-state index in [4.69, 9.17) is 13.9 Å². The standard InChI is InChI=1S/C17H21NO4/c1-12(6-7-14-5-4-8-22-14)18-17(19)13-9-15(20-2)11-16(10-13)21-3/h4-5,8-12H,6-7H2,1-3H3,(H,18,19)/t12-/m1/s1. The number of methoxy groups -OCH3 is 2. The third kappa shape index (κ3) is 4.28. The quantitative estimate of drug-likeness (QED) is 0.854. The molecule has 1 amide bonds. The van der Waals surface area contributed by atoms with E-state index in [1.54, 1.807) is 38.7 Å². The predicted octanol–water partition coefficient (Wildman–Crippen LogP) is 3.05. The van der Waals surface area contributed by atoms with Crippen LogP contribution in [0.25, 0.3) is 0 Å². The SMILES string of the molecule is COc1cc(OC)cc(C(=O)N[C@H](C)CCc2ccco2)c1. The zero-order valence-electron chi connectivity index (χ0n) is 13.1. The van der Waals surface area contributed by atoms with Crippen LogP contribution in [0.4, 0.5) is 0 Å². The van der Waals surface area contributed by atoms with E-state index in [0.29, 0.717) is 17.1 Å². The number of furan rings is 1. The lowest BCUT2D eigenvalue weighted by Gasteiger charge is -2.14. The van der Waals surface area contributed by atoms with Crippen LogP contribution in [0.1, 0.15) is 29.5 Å². The summed E-state index contributed by atoms with van der Waals surface area (Å²) in [4.78, 5) is 12.3. The van der Waals surface area contributed by atoms with Gasteiger partial charge in [-0.1, -0.05) is 0 Å². The minimum Gasteiger partial charge on any atom is -0.497 e. The first-order valence-corrected chi connectivity index (χ1v) is 7.18. The molecule has 0 saturated heterocycles. The molecule has 0 radical (unpaired) electrons. The van der Waals surface area contributed by atoms with Gasteiger partial charge in [0.1, 0.15) is 17.3 Å². The van der Waals surface area contributed by atoms with Gasteiger partial charge in [-0.15, -0.1) is 0 Å². The third-order valence-electron chi connectivity index (χ3n) is 3.39. The van der Waals surface area contributed by atoms with Gasteiger partial charge in [-0.25, -0.2) is 0 Å². The molecule has 5 heteroatoms. The summed E-state index contributed by atoms with van der Waals surface area (Å²) in [5, 5.41) is 2.97. The van der Waals surface area contributed by atoms with E-state index in [1.165, 1.54) is 0 Å². The van der Waals surface area contributed by atoms with Gasteiger partial charge in [0.25, 0.3) is 5.91 Å². The minimum atomic E-state index is -0.149. The molecule has 0 bridgehead atoms. The Morgan fingerprint density at radius 1 is 1.23 bits per heavy atom. The van der Waals surface area contributed by atoms with Gasteiger partial charge in [0.15, 0.2) is 0 Å². The lowest BCUT2D eigenvalue weighted by atomic mass is 10.1. The minimum absolute atomic E-state index is 0.0368. The lowest BCUT2D eigenvalue weighted by molar-refractivity contribution is 0.0937. The highest BCUT2D eigenvalue weighted by Crippen LogP contribution is 2.22. The van der Waals surface area contributed by atoms with Crippen molar-refractivity contribution in [2.24, 2.45) is 0 Å². The molecule has 1 aromatic heterocycles. The molecular weight excluding hydrogens is 282 g/mol. The predicted molar refractivity (Wildman–Crippen MR) is 83.5 cm³/mol. The van der Waals surface area contributed by atoms with Crippen LogP contribution < -0.4 is 14.8 Å². The molecule has 0 fully saturated rings. The highest BCUT2D eigenvalue weighted by atomic mass is 16.5. The highest BCUT2D eigenvalue weighted by Gasteiger charge is 2.13. The summed E-state index contributed by atoms with van der Waals surface area (Å²) in [5.41, 5.74) is 0.515. The average Bonchev–Trinajstić information content (AvgIpc) is 3.05. The third-order valence-corrected chi connectivity index (χ3v) is 3.39. The van der Waals surface area contributed by atoms with E-state index < -0.39 is 0 Å². The van der Waals surface area contributed by atoms with E-state index in [0.717, 1.165) is 18.6 Å². The first kappa shape index (κ1) is 15.9. The van der Waals surface area contributed by atoms with Gasteiger partial charge in [-0.2, -0.15) is 0 Å². The number of aryl methyl sites for hydroxylation is 1. The maximum atomic E-state index is 12.3. The van der Waals surface area contributed by atoms with Crippen molar-refractivity contribution in [1.82, 2.24) is 5.32 Å². The van der Waals surface area contributed by atoms with Crippen molar-refractivity contribution in [3.05, 3.63) is 47.9 Å². The first-order valence-electron chi connectivity index (χ1n) is 7.18. The molecule has 0 aliphatic rings. The molecule has 1 aromatic carbocycles. The van der Waals surface area contributed by atoms with Crippen LogP contribution in [0.3, 0.4) is 0 Å². The van der Waals surface area contributed by atoms with Crippen molar-refractivity contribution in [2.45, 2.75) is 25.8 Å². The van der Waals surface area contributed by atoms with Gasteiger partial charge in [0.05, 0.1) is 20.5 Å². The smallest absolute Gasteiger partial charge is 0.251 e. The summed E-state index contributed by atoms with van der Waals surface area (Å²) in [5.74, 6) is 1.95. The molecule has 0 aliphatic heterocycles. The van der Waals surface area contributed by atoms with E-state index in [9.17, 15) is 4.79 Å². The van der Waals surface area contributed by atoms with Gasteiger partial charge in [0, 0.05) is 24.1 Å². The van der Waals surface area contributed by atoms with E-state index >= 15 is 0 Å². The van der Waals surface area contributed by atoms with Gasteiger partial charge >= 0.3 is 0 Å². The van der Waals surface area contributed by atoms with Crippen LogP contribution in [0.5, 0.6) is 11.5 Å². The Morgan fingerprint density at radius 2 is 1.91 bits per heavy atom. The van der Waals surface area contributed by atoms with Gasteiger partial charge < -0.3 is 19.2 Å². The molecule has 2 aromatic rings. The lowest BCUT2D eigenvalue weighted by Crippen LogP contribution is -2.32. The number of ether oxygens (including phenoxy) is 2. The van der Waals surface area contributed by atoms with Crippen molar-refractivity contribution in [1.29, 1.82) is 0 Å². The summed E-state index contributed by atoms with van der Waals surface area (Å²) in [6.45, 7) is 1.97. The van der Waals surface area contributed by atoms with Crippen LogP contribution in [-0.2, 0) is 6.42 Å². The Bertz CT molecular complexity index is 585. The molecule has 0 aliphatic carbocycles. The molecule has 2 rings (SSSR count). The number of rotatable bonds is 7. The van der Waals surface area contributed by atoms with Gasteiger partial charge in [-0.3, -0.25) is 4.79 Å². The van der Waals surface area contributed by atoms with Crippen molar-refractivity contribution in [3.63, 3.8) is 0 Å². The average molecular weight is 303 g/mol. The largest absolute Gasteiger partial charge is 0.497 e. The van der Waals surface area contributed by atoms with Crippen molar-refractivity contribution >= 4 is 5.91 Å². The van der Waals surface area contributed by atoms with E-state index in [1.807, 2.05) is 19.1 Å². The topological polar surface area (TPSA) is 60.7 Å². The van der Waals surface area contributed by atoms with E-state index in [-0.39, 0.29) is 11.9 Å². The number of nitrogens with one attached hydrogen (secondary N) is 1. The number of carbonyl (C=O) groups excluding carboxylic acids is 1. The van der Waals surface area contributed by atoms with Gasteiger partial charge in [0.2, 0.25) is 0 Å². The van der Waals surface area contributed by atoms with Crippen LogP contribution in [-0.4, -0.2) is 26.2 Å². The van der Waals surface area contributed by atoms with Crippen molar-refractivity contribution in [3.8, 4) is 11.5 Å². The summed E-state index contributed by atoms with van der Waals surface area (Å²) < 4.78 is 15.6. The number of hydrogen-bond acceptors (Lipinski definition) is 4. The summed E-state index contributed by atoms with van der Waals surface area (Å²) in [6.07, 6.45) is 3.25. The molecule has 1 N–H and O–H groups in total. The van der Waals surface area contributed by atoms with E-state index in [2.05, 4.69) is 5.32 Å². The molecule has 5 nitrogen and oxygen atoms in total. The molecule has 22 heavy (non-hydrogen) atoms. The number of hydrogen-bond donors (Lipinski definition) is 1. The van der Waals surface area contributed by atoms with Crippen molar-refractivity contribution in [2.75, 3.05) is 14.2 Å². The fraction of sp³-hybridized carbons (Fsp3) is 0.353. The maximum Gasteiger partial charge on any atom is 0.251 e. The van der Waals surface area contributed by atoms with Crippen molar-refractivity contribution < 1.29 is 18.7 Å². The van der Waals surface area contributed by atoms with Gasteiger partial charge in [-0.05, 0) is 37.6 Å². The number of carbonyl (C=O) groups is 1. The molecule has 0 spiro atoms. The fourth-order valence-electron chi connectivity index (χ4n) is 2.13. The maximum absolute atomic E-state index is 12.3. The monoisotopic (exact) mass is 303 g/mol. The normalized spacial score (nSPS) is 11.8. The Hall–Kier alpha value is -2.43. The Kier molecular flexibility index (Phi) is 5.47. The van der Waals surface area contributed by atoms with Crippen LogP contribution in [0.2, 0.25) is 0 Å². The molecular formula is C17H21NO4. The Labute approximate surface area is 130 Å². The molecule has 0 saturated carbocycles. The summed E-state index contributed by atoms with van der Waals surface area (Å²) >= 11 is 0. The van der Waals surface area contributed by atoms with Crippen LogP contribution in [0, 0.1) is 0 Å². The highest BCUT2D eigenvalue weighted by molar-refractivity contribution is 5.95. The molecule has 118 valence electrons. The molecule has 1 atom stereocenters. The van der Waals surface area contributed by atoms with Crippen LogP contribution >= 0.6 is 0 Å². The molecule has 0 unspecified atom stereocenters. The fourth-order valence-corrected chi connectivity index (χ4v) is 2.13.